The molecule has 0 aromatic heterocycles. The molecule has 0 atom stereocenters. The molecule has 3 heteroatoms. The lowest BCUT2D eigenvalue weighted by molar-refractivity contribution is 0.393. The van der Waals surface area contributed by atoms with Gasteiger partial charge in [0.25, 0.3) is 0 Å². The molecule has 1 fully saturated rings. The predicted molar refractivity (Wildman–Crippen MR) is 73.1 cm³/mol. The summed E-state index contributed by atoms with van der Waals surface area (Å²) in [6, 6.07) is 5.76. The molecule has 0 spiro atoms. The first-order valence-electron chi connectivity index (χ1n) is 5.87. The van der Waals surface area contributed by atoms with Crippen LogP contribution in [0, 0.1) is 5.92 Å². The number of nitrogens with two attached hydrogens (primary N) is 1. The van der Waals surface area contributed by atoms with E-state index in [9.17, 15) is 0 Å². The molecule has 1 nitrogen and oxygen atoms in total. The smallest absolute Gasteiger partial charge is 0.0562 e. The maximum Gasteiger partial charge on any atom is 0.0562 e. The minimum atomic E-state index is 0.693. The van der Waals surface area contributed by atoms with Crippen LogP contribution in [0.25, 0.3) is 0 Å². The van der Waals surface area contributed by atoms with Crippen molar-refractivity contribution in [3.63, 3.8) is 0 Å². The van der Waals surface area contributed by atoms with Crippen LogP contribution in [-0.4, -0.2) is 5.25 Å². The summed E-state index contributed by atoms with van der Waals surface area (Å²) in [6.07, 6.45) is 5.25. The summed E-state index contributed by atoms with van der Waals surface area (Å²) in [4.78, 5) is 1.07. The highest BCUT2D eigenvalue weighted by atomic mass is 35.5. The largest absolute Gasteiger partial charge is 0.398 e. The Hall–Kier alpha value is -0.340. The molecule has 0 radical (unpaired) electrons. The quantitative estimate of drug-likeness (QED) is 0.782. The minimum absolute atomic E-state index is 0.693. The van der Waals surface area contributed by atoms with E-state index >= 15 is 0 Å². The summed E-state index contributed by atoms with van der Waals surface area (Å²) < 4.78 is 0. The van der Waals surface area contributed by atoms with Gasteiger partial charge in [0.1, 0.15) is 0 Å². The van der Waals surface area contributed by atoms with Gasteiger partial charge >= 0.3 is 0 Å². The number of halogens is 1. The number of hydrogen-bond acceptors (Lipinski definition) is 2. The normalized spacial score (nSPS) is 25.6. The van der Waals surface area contributed by atoms with Crippen LogP contribution >= 0.6 is 23.4 Å². The average molecular weight is 256 g/mol. The lowest BCUT2D eigenvalue weighted by atomic mass is 9.91. The van der Waals surface area contributed by atoms with E-state index in [1.54, 1.807) is 0 Å². The molecule has 0 saturated heterocycles. The lowest BCUT2D eigenvalue weighted by Crippen LogP contribution is -2.14. The fourth-order valence-corrected chi connectivity index (χ4v) is 3.71. The summed E-state index contributed by atoms with van der Waals surface area (Å²) in [5.74, 6) is 0.889. The zero-order chi connectivity index (χ0) is 11.5. The Balaban J connectivity index is 2.04. The molecular weight excluding hydrogens is 238 g/mol. The van der Waals surface area contributed by atoms with Crippen LogP contribution in [0.5, 0.6) is 0 Å². The van der Waals surface area contributed by atoms with Crippen LogP contribution in [0.3, 0.4) is 0 Å². The van der Waals surface area contributed by atoms with Gasteiger partial charge in [-0.3, -0.25) is 0 Å². The Morgan fingerprint density at radius 3 is 2.56 bits per heavy atom. The number of anilines is 1. The molecule has 88 valence electrons. The molecule has 1 aliphatic rings. The Kier molecular flexibility index (Phi) is 4.04. The van der Waals surface area contributed by atoms with E-state index in [1.165, 1.54) is 25.7 Å². The number of nitrogen functional groups attached to an aromatic ring is 1. The van der Waals surface area contributed by atoms with E-state index in [1.807, 2.05) is 30.0 Å². The number of thioether (sulfide) groups is 1. The number of hydrogen-bond donors (Lipinski definition) is 1. The van der Waals surface area contributed by atoms with Crippen molar-refractivity contribution in [2.45, 2.75) is 42.8 Å². The first-order valence-corrected chi connectivity index (χ1v) is 7.13. The summed E-state index contributed by atoms with van der Waals surface area (Å²) in [7, 11) is 0. The van der Waals surface area contributed by atoms with Gasteiger partial charge in [-0.2, -0.15) is 0 Å². The van der Waals surface area contributed by atoms with Crippen LogP contribution in [0.2, 0.25) is 5.02 Å². The van der Waals surface area contributed by atoms with Gasteiger partial charge in [-0.15, -0.1) is 11.8 Å². The Morgan fingerprint density at radius 1 is 1.25 bits per heavy atom. The molecule has 2 rings (SSSR count). The fraction of sp³-hybridized carbons (Fsp3) is 0.538. The van der Waals surface area contributed by atoms with E-state index < -0.39 is 0 Å². The third-order valence-electron chi connectivity index (χ3n) is 3.24. The van der Waals surface area contributed by atoms with Gasteiger partial charge < -0.3 is 5.73 Å². The molecule has 1 aromatic rings. The molecule has 0 aliphatic heterocycles. The fourth-order valence-electron chi connectivity index (χ4n) is 2.16. The van der Waals surface area contributed by atoms with Gasteiger partial charge in [0, 0.05) is 15.8 Å². The van der Waals surface area contributed by atoms with E-state index in [-0.39, 0.29) is 0 Å². The lowest BCUT2D eigenvalue weighted by Gasteiger charge is -2.26. The number of benzene rings is 1. The van der Waals surface area contributed by atoms with Crippen LogP contribution in [0.15, 0.2) is 23.1 Å². The highest BCUT2D eigenvalue weighted by Crippen LogP contribution is 2.40. The highest BCUT2D eigenvalue weighted by Gasteiger charge is 2.20. The molecule has 1 aromatic carbocycles. The second-order valence-electron chi connectivity index (χ2n) is 4.66. The van der Waals surface area contributed by atoms with Crippen LogP contribution in [0.4, 0.5) is 5.69 Å². The van der Waals surface area contributed by atoms with Gasteiger partial charge in [-0.1, -0.05) is 24.6 Å². The standard InChI is InChI=1S/C13H18ClNS/c1-9-5-7-10(8-6-9)16-13-11(14)3-2-4-12(13)15/h2-4,9-10H,5-8,15H2,1H3. The third kappa shape index (κ3) is 2.86. The summed E-state index contributed by atoms with van der Waals surface area (Å²) in [6.45, 7) is 2.34. The first-order chi connectivity index (χ1) is 7.66. The van der Waals surface area contributed by atoms with Crippen molar-refractivity contribution >= 4 is 29.1 Å². The molecule has 0 amide bonds. The van der Waals surface area contributed by atoms with Gasteiger partial charge in [-0.05, 0) is 43.7 Å². The second kappa shape index (κ2) is 5.33. The molecule has 0 bridgehead atoms. The second-order valence-corrected chi connectivity index (χ2v) is 6.38. The maximum absolute atomic E-state index is 6.18. The van der Waals surface area contributed by atoms with Gasteiger partial charge in [0.2, 0.25) is 0 Å². The Labute approximate surface area is 107 Å². The monoisotopic (exact) mass is 255 g/mol. The van der Waals surface area contributed by atoms with Crippen molar-refractivity contribution < 1.29 is 0 Å². The van der Waals surface area contributed by atoms with Crippen LogP contribution in [0.1, 0.15) is 32.6 Å². The summed E-state index contributed by atoms with van der Waals surface area (Å²) in [5, 5.41) is 1.49. The van der Waals surface area contributed by atoms with Crippen molar-refractivity contribution in [2.24, 2.45) is 5.92 Å². The third-order valence-corrected chi connectivity index (χ3v) is 5.17. The zero-order valence-electron chi connectivity index (χ0n) is 9.58. The van der Waals surface area contributed by atoms with E-state index in [0.29, 0.717) is 5.25 Å². The maximum atomic E-state index is 6.18. The molecule has 2 N–H and O–H groups in total. The van der Waals surface area contributed by atoms with Crippen LogP contribution < -0.4 is 5.73 Å². The van der Waals surface area contributed by atoms with Gasteiger partial charge in [0.05, 0.1) is 5.02 Å². The molecule has 0 unspecified atom stereocenters. The Bertz CT molecular complexity index is 339. The van der Waals surface area contributed by atoms with Crippen molar-refractivity contribution in [3.8, 4) is 0 Å². The molecule has 0 heterocycles. The van der Waals surface area contributed by atoms with E-state index in [4.69, 9.17) is 17.3 Å². The highest BCUT2D eigenvalue weighted by molar-refractivity contribution is 8.00. The number of rotatable bonds is 2. The van der Waals surface area contributed by atoms with Crippen molar-refractivity contribution in [1.82, 2.24) is 0 Å². The molecule has 1 saturated carbocycles. The zero-order valence-corrected chi connectivity index (χ0v) is 11.2. The SMILES string of the molecule is CC1CCC(Sc2c(N)cccc2Cl)CC1. The van der Waals surface area contributed by atoms with Crippen molar-refractivity contribution in [3.05, 3.63) is 23.2 Å². The average Bonchev–Trinajstić information content (AvgIpc) is 2.26. The van der Waals surface area contributed by atoms with Crippen LogP contribution in [-0.2, 0) is 0 Å². The predicted octanol–water partition coefficient (Wildman–Crippen LogP) is 4.59. The summed E-state index contributed by atoms with van der Waals surface area (Å²) in [5.41, 5.74) is 6.78. The summed E-state index contributed by atoms with van der Waals surface area (Å²) >= 11 is 8.04. The molecular formula is C13H18ClNS. The Morgan fingerprint density at radius 2 is 1.94 bits per heavy atom. The molecule has 1 aliphatic carbocycles. The minimum Gasteiger partial charge on any atom is -0.398 e. The van der Waals surface area contributed by atoms with E-state index in [2.05, 4.69) is 6.92 Å². The van der Waals surface area contributed by atoms with Gasteiger partial charge in [0.15, 0.2) is 0 Å². The van der Waals surface area contributed by atoms with E-state index in [0.717, 1.165) is 21.5 Å². The van der Waals surface area contributed by atoms with Crippen molar-refractivity contribution in [2.75, 3.05) is 5.73 Å². The van der Waals surface area contributed by atoms with Gasteiger partial charge in [-0.25, -0.2) is 0 Å². The van der Waals surface area contributed by atoms with Crippen molar-refractivity contribution in [1.29, 1.82) is 0 Å². The first kappa shape index (κ1) is 12.1. The molecule has 16 heavy (non-hydrogen) atoms. The topological polar surface area (TPSA) is 26.0 Å².